The average molecular weight is 199 g/mol. The number of aliphatic carboxylic acids is 2. The number of hydrogen-bond acceptors (Lipinski definition) is 3. The van der Waals surface area contributed by atoms with Gasteiger partial charge >= 0.3 is 11.9 Å². The summed E-state index contributed by atoms with van der Waals surface area (Å²) in [6, 6.07) is 0. The number of amides is 1. The van der Waals surface area contributed by atoms with Crippen molar-refractivity contribution in [2.24, 2.45) is 0 Å². The van der Waals surface area contributed by atoms with Crippen molar-refractivity contribution < 1.29 is 24.6 Å². The van der Waals surface area contributed by atoms with Gasteiger partial charge in [0.05, 0.1) is 0 Å². The third-order valence-corrected chi connectivity index (χ3v) is 1.17. The smallest absolute Gasteiger partial charge is 0.323 e. The van der Waals surface area contributed by atoms with Crippen molar-refractivity contribution in [1.82, 2.24) is 4.90 Å². The van der Waals surface area contributed by atoms with Crippen LogP contribution in [-0.2, 0) is 14.4 Å². The van der Waals surface area contributed by atoms with Gasteiger partial charge in [0.25, 0.3) is 5.91 Å². The Labute approximate surface area is 80.1 Å². The molecule has 0 unspecified atom stereocenters. The fourth-order valence-corrected chi connectivity index (χ4v) is 0.712. The molecule has 0 rings (SSSR count). The van der Waals surface area contributed by atoms with E-state index in [9.17, 15) is 14.4 Å². The number of carbonyl (C=O) groups is 3. The van der Waals surface area contributed by atoms with E-state index in [1.54, 1.807) is 0 Å². The Morgan fingerprint density at radius 3 is 1.86 bits per heavy atom. The van der Waals surface area contributed by atoms with Crippen LogP contribution < -0.4 is 0 Å². The highest BCUT2D eigenvalue weighted by molar-refractivity contribution is 5.96. The van der Waals surface area contributed by atoms with Crippen molar-refractivity contribution in [3.8, 4) is 11.8 Å². The second-order valence-corrected chi connectivity index (χ2v) is 2.32. The van der Waals surface area contributed by atoms with Gasteiger partial charge in [0.2, 0.25) is 0 Å². The molecular weight excluding hydrogens is 190 g/mol. The van der Waals surface area contributed by atoms with Gasteiger partial charge in [-0.25, -0.2) is 0 Å². The molecule has 0 saturated carbocycles. The van der Waals surface area contributed by atoms with E-state index in [1.807, 2.05) is 0 Å². The van der Waals surface area contributed by atoms with Gasteiger partial charge in [0.15, 0.2) is 0 Å². The molecule has 0 radical (unpaired) electrons. The van der Waals surface area contributed by atoms with Gasteiger partial charge in [-0.15, -0.1) is 0 Å². The van der Waals surface area contributed by atoms with Crippen LogP contribution in [0.5, 0.6) is 0 Å². The van der Waals surface area contributed by atoms with Crippen LogP contribution in [0.3, 0.4) is 0 Å². The molecule has 6 nitrogen and oxygen atoms in total. The summed E-state index contributed by atoms with van der Waals surface area (Å²) in [6.45, 7) is 0.0667. The summed E-state index contributed by atoms with van der Waals surface area (Å²) >= 11 is 0. The Bertz CT molecular complexity index is 295. The van der Waals surface area contributed by atoms with Gasteiger partial charge in [-0.3, -0.25) is 14.4 Å². The Morgan fingerprint density at radius 2 is 1.57 bits per heavy atom. The Morgan fingerprint density at radius 1 is 1.14 bits per heavy atom. The van der Waals surface area contributed by atoms with Crippen molar-refractivity contribution in [3.05, 3.63) is 0 Å². The molecule has 0 aliphatic rings. The van der Waals surface area contributed by atoms with Crippen LogP contribution in [-0.4, -0.2) is 46.0 Å². The molecule has 0 fully saturated rings. The first-order chi connectivity index (χ1) is 6.47. The predicted molar refractivity (Wildman–Crippen MR) is 45.3 cm³/mol. The first-order valence-electron chi connectivity index (χ1n) is 3.62. The lowest BCUT2D eigenvalue weighted by Gasteiger charge is -2.14. The molecule has 0 saturated heterocycles. The van der Waals surface area contributed by atoms with Gasteiger partial charge in [0, 0.05) is 0 Å². The lowest BCUT2D eigenvalue weighted by molar-refractivity contribution is -0.147. The van der Waals surface area contributed by atoms with Gasteiger partial charge in [-0.05, 0) is 12.8 Å². The van der Waals surface area contributed by atoms with Gasteiger partial charge in [-0.2, -0.15) is 0 Å². The number of nitrogens with zero attached hydrogens (tertiary/aromatic N) is 1. The normalized spacial score (nSPS) is 8.36. The molecule has 1 amide bonds. The minimum absolute atomic E-state index is 0.640. The minimum atomic E-state index is -1.28. The minimum Gasteiger partial charge on any atom is -0.480 e. The van der Waals surface area contributed by atoms with Gasteiger partial charge < -0.3 is 15.1 Å². The molecular formula is C8H9NO5. The zero-order chi connectivity index (χ0) is 11.1. The summed E-state index contributed by atoms with van der Waals surface area (Å²) in [6.07, 6.45) is 0. The highest BCUT2D eigenvalue weighted by Gasteiger charge is 2.17. The Kier molecular flexibility index (Phi) is 4.78. The van der Waals surface area contributed by atoms with E-state index in [0.717, 1.165) is 0 Å². The van der Waals surface area contributed by atoms with Crippen molar-refractivity contribution in [2.75, 3.05) is 13.1 Å². The molecule has 0 atom stereocenters. The standard InChI is InChI=1S/C8H9NO5/c1-2-3-6(10)9(4-7(11)12)5-8(13)14/h4-5H2,1H3,(H,11,12)(H,13,14). The van der Waals surface area contributed by atoms with E-state index in [2.05, 4.69) is 11.8 Å². The molecule has 6 heteroatoms. The van der Waals surface area contributed by atoms with Crippen LogP contribution in [0.15, 0.2) is 0 Å². The molecule has 0 aliphatic heterocycles. The number of hydrogen-bond donors (Lipinski definition) is 2. The monoisotopic (exact) mass is 199 g/mol. The van der Waals surface area contributed by atoms with Crippen LogP contribution in [0.25, 0.3) is 0 Å². The second kappa shape index (κ2) is 5.59. The van der Waals surface area contributed by atoms with Crippen molar-refractivity contribution in [2.45, 2.75) is 6.92 Å². The Hall–Kier alpha value is -2.03. The Balaban J connectivity index is 4.51. The van der Waals surface area contributed by atoms with Crippen LogP contribution >= 0.6 is 0 Å². The molecule has 0 aromatic carbocycles. The lowest BCUT2D eigenvalue weighted by atomic mass is 10.4. The van der Waals surface area contributed by atoms with E-state index in [1.165, 1.54) is 6.92 Å². The quantitative estimate of drug-likeness (QED) is 0.566. The molecule has 0 spiro atoms. The van der Waals surface area contributed by atoms with Crippen molar-refractivity contribution in [1.29, 1.82) is 0 Å². The highest BCUT2D eigenvalue weighted by Crippen LogP contribution is 1.89. The predicted octanol–water partition coefficient (Wildman–Crippen LogP) is -0.992. The van der Waals surface area contributed by atoms with Crippen LogP contribution in [0.2, 0.25) is 0 Å². The zero-order valence-corrected chi connectivity index (χ0v) is 7.48. The van der Waals surface area contributed by atoms with Gasteiger partial charge in [0.1, 0.15) is 13.1 Å². The highest BCUT2D eigenvalue weighted by atomic mass is 16.4. The van der Waals surface area contributed by atoms with E-state index < -0.39 is 30.9 Å². The third-order valence-electron chi connectivity index (χ3n) is 1.17. The summed E-state index contributed by atoms with van der Waals surface area (Å²) < 4.78 is 0. The summed E-state index contributed by atoms with van der Waals surface area (Å²) in [5.74, 6) is 0.966. The van der Waals surface area contributed by atoms with E-state index in [-0.39, 0.29) is 0 Å². The molecule has 2 N–H and O–H groups in total. The molecule has 0 aliphatic carbocycles. The summed E-state index contributed by atoms with van der Waals surface area (Å²) in [4.78, 5) is 32.2. The largest absolute Gasteiger partial charge is 0.480 e. The average Bonchev–Trinajstić information content (AvgIpc) is 2.01. The van der Waals surface area contributed by atoms with Crippen molar-refractivity contribution in [3.63, 3.8) is 0 Å². The third kappa shape index (κ3) is 4.77. The number of carbonyl (C=O) groups excluding carboxylic acids is 1. The maximum Gasteiger partial charge on any atom is 0.323 e. The van der Waals surface area contributed by atoms with Crippen LogP contribution in [0, 0.1) is 11.8 Å². The topological polar surface area (TPSA) is 94.9 Å². The zero-order valence-electron chi connectivity index (χ0n) is 7.48. The fraction of sp³-hybridized carbons (Fsp3) is 0.375. The lowest BCUT2D eigenvalue weighted by Crippen LogP contribution is -2.38. The van der Waals surface area contributed by atoms with Gasteiger partial charge in [-0.1, -0.05) is 5.92 Å². The molecule has 0 heterocycles. The second-order valence-electron chi connectivity index (χ2n) is 2.32. The number of carboxylic acid groups (broad SMARTS) is 2. The van der Waals surface area contributed by atoms with Crippen LogP contribution in [0.1, 0.15) is 6.92 Å². The summed E-state index contributed by atoms with van der Waals surface area (Å²) in [5, 5.41) is 16.8. The maximum absolute atomic E-state index is 11.0. The molecule has 76 valence electrons. The summed E-state index contributed by atoms with van der Waals surface area (Å²) in [5.41, 5.74) is 0. The first-order valence-corrected chi connectivity index (χ1v) is 3.62. The summed E-state index contributed by atoms with van der Waals surface area (Å²) in [7, 11) is 0. The molecule has 14 heavy (non-hydrogen) atoms. The number of rotatable bonds is 4. The van der Waals surface area contributed by atoms with E-state index >= 15 is 0 Å². The van der Waals surface area contributed by atoms with Crippen LogP contribution in [0.4, 0.5) is 0 Å². The molecule has 0 aromatic rings. The maximum atomic E-state index is 11.0. The first kappa shape index (κ1) is 12.0. The fourth-order valence-electron chi connectivity index (χ4n) is 0.712. The number of carboxylic acids is 2. The van der Waals surface area contributed by atoms with E-state index in [0.29, 0.717) is 4.90 Å². The molecule has 0 aromatic heterocycles. The van der Waals surface area contributed by atoms with E-state index in [4.69, 9.17) is 10.2 Å². The SMILES string of the molecule is CC#CC(=O)N(CC(=O)O)CC(=O)O. The van der Waals surface area contributed by atoms with Crippen molar-refractivity contribution >= 4 is 17.8 Å². The molecule has 0 bridgehead atoms.